The van der Waals surface area contributed by atoms with Crippen LogP contribution in [-0.2, 0) is 4.79 Å². The molecule has 1 N–H and O–H groups in total. The molecule has 0 atom stereocenters. The van der Waals surface area contributed by atoms with E-state index in [4.69, 9.17) is 0 Å². The topological polar surface area (TPSA) is 57.6 Å². The van der Waals surface area contributed by atoms with Crippen LogP contribution in [0, 0.1) is 11.3 Å². The molecule has 158 valence electrons. The van der Waals surface area contributed by atoms with Crippen molar-refractivity contribution in [3.8, 4) is 0 Å². The highest BCUT2D eigenvalue weighted by molar-refractivity contribution is 8.17. The minimum atomic E-state index is 0.108. The van der Waals surface area contributed by atoms with Crippen molar-refractivity contribution < 1.29 is 4.79 Å². The molecule has 6 heteroatoms. The molecule has 2 heterocycles. The Morgan fingerprint density at radius 1 is 1.27 bits per heavy atom. The number of benzene rings is 1. The highest BCUT2D eigenvalue weighted by Gasteiger charge is 2.48. The smallest absolute Gasteiger partial charge is 0.228 e. The van der Waals surface area contributed by atoms with Gasteiger partial charge in [0.05, 0.1) is 0 Å². The summed E-state index contributed by atoms with van der Waals surface area (Å²) >= 11 is 1.57. The summed E-state index contributed by atoms with van der Waals surface area (Å²) in [5, 5.41) is 6.07. The van der Waals surface area contributed by atoms with Crippen molar-refractivity contribution >= 4 is 39.3 Å². The molecule has 1 aliphatic heterocycles. The van der Waals surface area contributed by atoms with Crippen LogP contribution in [0.5, 0.6) is 0 Å². The van der Waals surface area contributed by atoms with Gasteiger partial charge in [0.2, 0.25) is 5.91 Å². The van der Waals surface area contributed by atoms with Crippen LogP contribution < -0.4 is 5.32 Å². The molecule has 1 aromatic heterocycles. The van der Waals surface area contributed by atoms with Crippen LogP contribution in [0.1, 0.15) is 38.2 Å². The SMILES string of the molecule is C=C(C)SC(=NC)c1ccc2cnc(NC(=O)C3CC4(CCN(C)CC4)C3)cc2c1. The summed E-state index contributed by atoms with van der Waals surface area (Å²) in [5.74, 6) is 0.843. The summed E-state index contributed by atoms with van der Waals surface area (Å²) in [5.41, 5.74) is 1.45. The maximum atomic E-state index is 12.8. The lowest BCUT2D eigenvalue weighted by atomic mass is 9.57. The Morgan fingerprint density at radius 3 is 2.67 bits per heavy atom. The van der Waals surface area contributed by atoms with Gasteiger partial charge in [-0.15, -0.1) is 0 Å². The van der Waals surface area contributed by atoms with Gasteiger partial charge in [0.1, 0.15) is 10.9 Å². The quantitative estimate of drug-likeness (QED) is 0.560. The van der Waals surface area contributed by atoms with Crippen LogP contribution in [0.15, 0.2) is 46.9 Å². The number of rotatable bonds is 4. The number of carbonyl (C=O) groups is 1. The number of amides is 1. The molecule has 30 heavy (non-hydrogen) atoms. The number of allylic oxidation sites excluding steroid dienone is 1. The zero-order valence-corrected chi connectivity index (χ0v) is 18.9. The monoisotopic (exact) mass is 422 g/mol. The van der Waals surface area contributed by atoms with Gasteiger partial charge < -0.3 is 10.2 Å². The van der Waals surface area contributed by atoms with Gasteiger partial charge >= 0.3 is 0 Å². The fraction of sp³-hybridized carbons (Fsp3) is 0.458. The molecule has 0 bridgehead atoms. The zero-order valence-electron chi connectivity index (χ0n) is 18.1. The number of likely N-dealkylation sites (tertiary alicyclic amines) is 1. The van der Waals surface area contributed by atoms with Gasteiger partial charge in [-0.1, -0.05) is 30.5 Å². The number of aliphatic imine (C=N–C) groups is 1. The van der Waals surface area contributed by atoms with E-state index in [1.807, 2.05) is 25.3 Å². The van der Waals surface area contributed by atoms with E-state index in [1.54, 1.807) is 18.8 Å². The number of thioether (sulfide) groups is 1. The molecule has 5 nitrogen and oxygen atoms in total. The molecule has 2 aliphatic rings. The third-order valence-corrected chi connectivity index (χ3v) is 7.43. The Labute approximate surface area is 183 Å². The normalized spacial score (nSPS) is 19.6. The van der Waals surface area contributed by atoms with Crippen LogP contribution in [0.2, 0.25) is 0 Å². The molecule has 2 fully saturated rings. The number of nitrogens with zero attached hydrogens (tertiary/aromatic N) is 3. The van der Waals surface area contributed by atoms with E-state index in [0.717, 1.165) is 52.2 Å². The van der Waals surface area contributed by atoms with E-state index in [9.17, 15) is 4.79 Å². The van der Waals surface area contributed by atoms with E-state index < -0.39 is 0 Å². The first kappa shape index (κ1) is 21.1. The molecule has 1 amide bonds. The molecule has 4 rings (SSSR count). The number of hydrogen-bond donors (Lipinski definition) is 1. The number of piperidine rings is 1. The predicted molar refractivity (Wildman–Crippen MR) is 127 cm³/mol. The molecule has 1 spiro atoms. The average molecular weight is 423 g/mol. The summed E-state index contributed by atoms with van der Waals surface area (Å²) in [4.78, 5) is 25.0. The Morgan fingerprint density at radius 2 is 2.00 bits per heavy atom. The minimum absolute atomic E-state index is 0.108. The maximum absolute atomic E-state index is 12.8. The van der Waals surface area contributed by atoms with Gasteiger partial charge in [-0.2, -0.15) is 0 Å². The van der Waals surface area contributed by atoms with Gasteiger partial charge in [0.25, 0.3) is 0 Å². The molecule has 2 aromatic rings. The van der Waals surface area contributed by atoms with Crippen LogP contribution in [-0.4, -0.2) is 48.0 Å². The largest absolute Gasteiger partial charge is 0.310 e. The second kappa shape index (κ2) is 8.52. The molecular weight excluding hydrogens is 392 g/mol. The lowest BCUT2D eigenvalue weighted by molar-refractivity contribution is -0.129. The first-order chi connectivity index (χ1) is 14.4. The Bertz CT molecular complexity index is 999. The fourth-order valence-corrected chi connectivity index (χ4v) is 5.31. The van der Waals surface area contributed by atoms with Crippen molar-refractivity contribution in [1.29, 1.82) is 0 Å². The number of hydrogen-bond acceptors (Lipinski definition) is 5. The van der Waals surface area contributed by atoms with Crippen molar-refractivity contribution in [2.45, 2.75) is 32.6 Å². The summed E-state index contributed by atoms with van der Waals surface area (Å²) in [6.45, 7) is 8.24. The van der Waals surface area contributed by atoms with Gasteiger partial charge in [-0.05, 0) is 80.6 Å². The van der Waals surface area contributed by atoms with E-state index in [-0.39, 0.29) is 11.8 Å². The van der Waals surface area contributed by atoms with Crippen LogP contribution >= 0.6 is 11.8 Å². The summed E-state index contributed by atoms with van der Waals surface area (Å²) in [7, 11) is 3.97. The Hall–Kier alpha value is -2.18. The second-order valence-electron chi connectivity index (χ2n) is 8.86. The number of aromatic nitrogens is 1. The Balaban J connectivity index is 1.44. The summed E-state index contributed by atoms with van der Waals surface area (Å²) in [6.07, 6.45) is 6.28. The van der Waals surface area contributed by atoms with E-state index in [1.165, 1.54) is 12.8 Å². The van der Waals surface area contributed by atoms with Crippen molar-refractivity contribution in [3.63, 3.8) is 0 Å². The highest BCUT2D eigenvalue weighted by atomic mass is 32.2. The Kier molecular flexibility index (Phi) is 5.98. The third kappa shape index (κ3) is 4.44. The maximum Gasteiger partial charge on any atom is 0.228 e. The molecule has 0 radical (unpaired) electrons. The molecule has 0 unspecified atom stereocenters. The second-order valence-corrected chi connectivity index (χ2v) is 10.1. The molecule has 1 saturated carbocycles. The van der Waals surface area contributed by atoms with Gasteiger partial charge in [-0.3, -0.25) is 9.79 Å². The number of carbonyl (C=O) groups excluding carboxylic acids is 1. The zero-order chi connectivity index (χ0) is 21.3. The number of pyridine rings is 1. The predicted octanol–water partition coefficient (Wildman–Crippen LogP) is 4.94. The molecule has 1 aliphatic carbocycles. The lowest BCUT2D eigenvalue weighted by Gasteiger charge is -2.51. The molecular formula is C24H30N4OS. The van der Waals surface area contributed by atoms with Gasteiger partial charge in [-0.25, -0.2) is 4.98 Å². The van der Waals surface area contributed by atoms with Gasteiger partial charge in [0, 0.05) is 30.1 Å². The first-order valence-electron chi connectivity index (χ1n) is 10.6. The summed E-state index contributed by atoms with van der Waals surface area (Å²) < 4.78 is 0. The first-order valence-corrected chi connectivity index (χ1v) is 11.4. The van der Waals surface area contributed by atoms with Gasteiger partial charge in [0.15, 0.2) is 0 Å². The van der Waals surface area contributed by atoms with E-state index >= 15 is 0 Å². The van der Waals surface area contributed by atoms with Crippen molar-refractivity contribution in [1.82, 2.24) is 9.88 Å². The lowest BCUT2D eigenvalue weighted by Crippen LogP contribution is -2.49. The van der Waals surface area contributed by atoms with Crippen LogP contribution in [0.4, 0.5) is 5.82 Å². The molecule has 1 aromatic carbocycles. The van der Waals surface area contributed by atoms with Crippen LogP contribution in [0.3, 0.4) is 0 Å². The van der Waals surface area contributed by atoms with Crippen LogP contribution in [0.25, 0.3) is 10.8 Å². The number of nitrogens with one attached hydrogen (secondary N) is 1. The number of anilines is 1. The van der Waals surface area contributed by atoms with E-state index in [2.05, 4.69) is 46.0 Å². The van der Waals surface area contributed by atoms with Crippen molar-refractivity contribution in [3.05, 3.63) is 47.5 Å². The summed E-state index contributed by atoms with van der Waals surface area (Å²) in [6, 6.07) is 8.15. The minimum Gasteiger partial charge on any atom is -0.310 e. The average Bonchev–Trinajstić information content (AvgIpc) is 2.70. The molecule has 1 saturated heterocycles. The van der Waals surface area contributed by atoms with Crippen molar-refractivity contribution in [2.24, 2.45) is 16.3 Å². The van der Waals surface area contributed by atoms with E-state index in [0.29, 0.717) is 11.2 Å². The fourth-order valence-electron chi connectivity index (χ4n) is 4.64. The van der Waals surface area contributed by atoms with Crippen molar-refractivity contribution in [2.75, 3.05) is 32.5 Å². The standard InChI is InChI=1S/C24H30N4OS/c1-16(2)30-23(25-3)17-5-6-18-15-26-21(12-19(18)11-17)27-22(29)20-13-24(14-20)7-9-28(4)10-8-24/h5-6,11-12,15,20H,1,7-10,13-14H2,2-4H3,(H,26,27,29). The third-order valence-electron chi connectivity index (χ3n) is 6.47. The number of fused-ring (bicyclic) bond motifs is 1. The highest BCUT2D eigenvalue weighted by Crippen LogP contribution is 2.52.